The SMILES string of the molecule is O=C(c1ccc([N+](=O)[O-])cc1Cl)N1CCC(NS(=O)(=O)c2ccc(F)cc2)CC1. The summed E-state index contributed by atoms with van der Waals surface area (Å²) < 4.78 is 40.3. The summed E-state index contributed by atoms with van der Waals surface area (Å²) in [6.45, 7) is 0.589. The van der Waals surface area contributed by atoms with Gasteiger partial charge in [-0.3, -0.25) is 14.9 Å². The smallest absolute Gasteiger partial charge is 0.270 e. The average molecular weight is 442 g/mol. The van der Waals surface area contributed by atoms with Gasteiger partial charge in [0.2, 0.25) is 10.0 Å². The predicted molar refractivity (Wildman–Crippen MR) is 104 cm³/mol. The minimum Gasteiger partial charge on any atom is -0.338 e. The van der Waals surface area contributed by atoms with Gasteiger partial charge in [0.15, 0.2) is 0 Å². The molecule has 1 fully saturated rings. The Labute approximate surface area is 171 Å². The standard InChI is InChI=1S/C18H17ClFN3O5S/c19-17-11-14(23(25)26)3-6-16(17)18(24)22-9-7-13(8-10-22)21-29(27,28)15-4-1-12(20)2-5-15/h1-6,11,13,21H,7-10H2. The molecule has 1 saturated heterocycles. The number of sulfonamides is 1. The predicted octanol–water partition coefficient (Wildman–Crippen LogP) is 2.97. The van der Waals surface area contributed by atoms with Gasteiger partial charge in [-0.05, 0) is 43.2 Å². The Morgan fingerprint density at radius 3 is 2.34 bits per heavy atom. The molecule has 0 saturated carbocycles. The van der Waals surface area contributed by atoms with Gasteiger partial charge in [-0.25, -0.2) is 17.5 Å². The maximum Gasteiger partial charge on any atom is 0.270 e. The van der Waals surface area contributed by atoms with Crippen LogP contribution in [0, 0.1) is 15.9 Å². The second kappa shape index (κ2) is 8.44. The summed E-state index contributed by atoms with van der Waals surface area (Å²) in [6.07, 6.45) is 0.771. The van der Waals surface area contributed by atoms with Crippen LogP contribution < -0.4 is 4.72 Å². The van der Waals surface area contributed by atoms with Gasteiger partial charge in [-0.1, -0.05) is 11.6 Å². The van der Waals surface area contributed by atoms with Crippen molar-refractivity contribution in [3.63, 3.8) is 0 Å². The van der Waals surface area contributed by atoms with E-state index in [0.29, 0.717) is 25.9 Å². The zero-order chi connectivity index (χ0) is 21.2. The number of nitrogens with one attached hydrogen (secondary N) is 1. The maximum atomic E-state index is 13.0. The number of hydrogen-bond acceptors (Lipinski definition) is 5. The molecule has 8 nitrogen and oxygen atoms in total. The Morgan fingerprint density at radius 1 is 1.17 bits per heavy atom. The molecule has 0 radical (unpaired) electrons. The van der Waals surface area contributed by atoms with Gasteiger partial charge in [0.25, 0.3) is 11.6 Å². The fourth-order valence-electron chi connectivity index (χ4n) is 3.06. The summed E-state index contributed by atoms with van der Waals surface area (Å²) >= 11 is 6.01. The number of piperidine rings is 1. The van der Waals surface area contributed by atoms with Crippen molar-refractivity contribution in [3.8, 4) is 0 Å². The second-order valence-electron chi connectivity index (χ2n) is 6.56. The summed E-state index contributed by atoms with van der Waals surface area (Å²) in [7, 11) is -3.79. The molecular weight excluding hydrogens is 425 g/mol. The largest absolute Gasteiger partial charge is 0.338 e. The van der Waals surface area contributed by atoms with Crippen molar-refractivity contribution >= 4 is 33.2 Å². The van der Waals surface area contributed by atoms with Crippen molar-refractivity contribution in [1.82, 2.24) is 9.62 Å². The van der Waals surface area contributed by atoms with Gasteiger partial charge in [0.05, 0.1) is 20.4 Å². The van der Waals surface area contributed by atoms with E-state index in [9.17, 15) is 27.7 Å². The van der Waals surface area contributed by atoms with Crippen LogP contribution in [-0.4, -0.2) is 43.3 Å². The molecule has 1 amide bonds. The van der Waals surface area contributed by atoms with Gasteiger partial charge >= 0.3 is 0 Å². The fraction of sp³-hybridized carbons (Fsp3) is 0.278. The van der Waals surface area contributed by atoms with Crippen LogP contribution in [0.15, 0.2) is 47.4 Å². The van der Waals surface area contributed by atoms with Crippen molar-refractivity contribution in [3.05, 3.63) is 69.0 Å². The molecule has 0 aliphatic carbocycles. The van der Waals surface area contributed by atoms with Crippen LogP contribution in [0.25, 0.3) is 0 Å². The average Bonchev–Trinajstić information content (AvgIpc) is 2.68. The lowest BCUT2D eigenvalue weighted by Gasteiger charge is -2.32. The summed E-state index contributed by atoms with van der Waals surface area (Å²) in [5, 5.41) is 10.8. The normalized spacial score (nSPS) is 15.3. The quantitative estimate of drug-likeness (QED) is 0.566. The molecule has 1 heterocycles. The third-order valence-electron chi connectivity index (χ3n) is 4.62. The van der Waals surface area contributed by atoms with E-state index in [-0.39, 0.29) is 33.1 Å². The molecule has 1 aliphatic heterocycles. The van der Waals surface area contributed by atoms with Gasteiger partial charge in [0, 0.05) is 31.3 Å². The summed E-state index contributed by atoms with van der Waals surface area (Å²) in [5.41, 5.74) is -0.0527. The third kappa shape index (κ3) is 4.89. The van der Waals surface area contributed by atoms with Gasteiger partial charge in [-0.2, -0.15) is 0 Å². The van der Waals surface area contributed by atoms with Crippen LogP contribution in [0.4, 0.5) is 10.1 Å². The Balaban J connectivity index is 1.62. The van der Waals surface area contributed by atoms with Crippen LogP contribution in [0.1, 0.15) is 23.2 Å². The molecule has 29 heavy (non-hydrogen) atoms. The Kier molecular flexibility index (Phi) is 6.15. The summed E-state index contributed by atoms with van der Waals surface area (Å²) in [5.74, 6) is -0.898. The summed E-state index contributed by atoms with van der Waals surface area (Å²) in [4.78, 5) is 24.3. The van der Waals surface area contributed by atoms with Gasteiger partial charge in [0.1, 0.15) is 5.82 Å². The first-order chi connectivity index (χ1) is 13.7. The number of carbonyl (C=O) groups is 1. The van der Waals surface area contributed by atoms with Crippen molar-refractivity contribution in [2.24, 2.45) is 0 Å². The van der Waals surface area contributed by atoms with E-state index in [0.717, 1.165) is 18.2 Å². The molecule has 1 N–H and O–H groups in total. The van der Waals surface area contributed by atoms with Crippen molar-refractivity contribution in [2.75, 3.05) is 13.1 Å². The van der Waals surface area contributed by atoms with Crippen LogP contribution in [-0.2, 0) is 10.0 Å². The van der Waals surface area contributed by atoms with Crippen molar-refractivity contribution in [1.29, 1.82) is 0 Å². The van der Waals surface area contributed by atoms with E-state index in [1.807, 2.05) is 0 Å². The summed E-state index contributed by atoms with van der Waals surface area (Å²) in [6, 6.07) is 7.79. The number of rotatable bonds is 5. The minimum absolute atomic E-state index is 0.0108. The molecule has 0 bridgehead atoms. The molecule has 2 aromatic carbocycles. The molecule has 3 rings (SSSR count). The van der Waals surface area contributed by atoms with Crippen LogP contribution in [0.5, 0.6) is 0 Å². The van der Waals surface area contributed by atoms with Crippen LogP contribution in [0.3, 0.4) is 0 Å². The van der Waals surface area contributed by atoms with E-state index in [1.54, 1.807) is 0 Å². The van der Waals surface area contributed by atoms with E-state index in [4.69, 9.17) is 11.6 Å². The number of benzene rings is 2. The molecule has 2 aromatic rings. The van der Waals surface area contributed by atoms with Gasteiger partial charge in [-0.15, -0.1) is 0 Å². The molecule has 0 spiro atoms. The molecular formula is C18H17ClFN3O5S. The molecule has 0 aromatic heterocycles. The highest BCUT2D eigenvalue weighted by molar-refractivity contribution is 7.89. The number of likely N-dealkylation sites (tertiary alicyclic amines) is 1. The third-order valence-corrected chi connectivity index (χ3v) is 6.47. The lowest BCUT2D eigenvalue weighted by Crippen LogP contribution is -2.46. The van der Waals surface area contributed by atoms with E-state index in [1.165, 1.54) is 29.2 Å². The second-order valence-corrected chi connectivity index (χ2v) is 8.68. The first kappa shape index (κ1) is 21.2. The number of amides is 1. The number of hydrogen-bond donors (Lipinski definition) is 1. The molecule has 154 valence electrons. The first-order valence-corrected chi connectivity index (χ1v) is 10.5. The maximum absolute atomic E-state index is 13.0. The van der Waals surface area contributed by atoms with Gasteiger partial charge < -0.3 is 4.90 Å². The zero-order valence-corrected chi connectivity index (χ0v) is 16.6. The number of non-ortho nitro benzene ring substituents is 1. The highest BCUT2D eigenvalue weighted by Crippen LogP contribution is 2.25. The Bertz CT molecular complexity index is 1040. The van der Waals surface area contributed by atoms with E-state index in [2.05, 4.69) is 4.72 Å². The van der Waals surface area contributed by atoms with Crippen LogP contribution >= 0.6 is 11.6 Å². The van der Waals surface area contributed by atoms with E-state index >= 15 is 0 Å². The number of nitrogens with zero attached hydrogens (tertiary/aromatic N) is 2. The Morgan fingerprint density at radius 2 is 1.79 bits per heavy atom. The van der Waals surface area contributed by atoms with Crippen molar-refractivity contribution < 1.29 is 22.5 Å². The number of carbonyl (C=O) groups excluding carboxylic acids is 1. The monoisotopic (exact) mass is 441 g/mol. The zero-order valence-electron chi connectivity index (χ0n) is 15.0. The lowest BCUT2D eigenvalue weighted by atomic mass is 10.0. The number of nitro groups is 1. The topological polar surface area (TPSA) is 110 Å². The minimum atomic E-state index is -3.79. The molecule has 11 heteroatoms. The molecule has 0 unspecified atom stereocenters. The van der Waals surface area contributed by atoms with Crippen molar-refractivity contribution in [2.45, 2.75) is 23.8 Å². The number of nitro benzene ring substituents is 1. The van der Waals surface area contributed by atoms with Crippen LogP contribution in [0.2, 0.25) is 5.02 Å². The number of halogens is 2. The fourth-order valence-corrected chi connectivity index (χ4v) is 4.62. The molecule has 0 atom stereocenters. The van der Waals surface area contributed by atoms with E-state index < -0.39 is 20.8 Å². The highest BCUT2D eigenvalue weighted by Gasteiger charge is 2.28. The highest BCUT2D eigenvalue weighted by atomic mass is 35.5. The Hall–Kier alpha value is -2.56. The first-order valence-electron chi connectivity index (χ1n) is 8.68. The lowest BCUT2D eigenvalue weighted by molar-refractivity contribution is -0.384. The molecule has 1 aliphatic rings.